The van der Waals surface area contributed by atoms with Crippen LogP contribution in [0.25, 0.3) is 0 Å². The first-order valence-electron chi connectivity index (χ1n) is 11.9. The van der Waals surface area contributed by atoms with E-state index in [1.165, 1.54) is 0 Å². The molecule has 0 amide bonds. The van der Waals surface area contributed by atoms with Crippen LogP contribution in [0.3, 0.4) is 0 Å². The third-order valence-electron chi connectivity index (χ3n) is 8.98. The van der Waals surface area contributed by atoms with Gasteiger partial charge in [0.1, 0.15) is 42.2 Å². The summed E-state index contributed by atoms with van der Waals surface area (Å²) in [6.45, 7) is 0.495. The van der Waals surface area contributed by atoms with Crippen molar-refractivity contribution >= 4 is 16.1 Å². The van der Waals surface area contributed by atoms with E-state index in [9.17, 15) is 38.2 Å². The lowest BCUT2D eigenvalue weighted by Crippen LogP contribution is -2.81. The van der Waals surface area contributed by atoms with E-state index in [2.05, 4.69) is 0 Å². The first-order valence-corrected chi connectivity index (χ1v) is 13.3. The lowest BCUT2D eigenvalue weighted by molar-refractivity contribution is -0.393. The van der Waals surface area contributed by atoms with Gasteiger partial charge in [0.05, 0.1) is 17.6 Å². The van der Waals surface area contributed by atoms with Crippen LogP contribution in [0, 0.1) is 11.3 Å². The highest BCUT2D eigenvalue weighted by Gasteiger charge is 2.96. The summed E-state index contributed by atoms with van der Waals surface area (Å²) in [4.78, 5) is 10.8. The van der Waals surface area contributed by atoms with Gasteiger partial charge < -0.3 is 44.1 Å². The summed E-state index contributed by atoms with van der Waals surface area (Å²) in [7, 11) is -4.76. The van der Waals surface area contributed by atoms with Crippen molar-refractivity contribution in [3.05, 3.63) is 35.9 Å². The number of aliphatic hydroxyl groups is 4. The van der Waals surface area contributed by atoms with E-state index in [4.69, 9.17) is 23.7 Å². The van der Waals surface area contributed by atoms with Gasteiger partial charge in [0, 0.05) is 12.3 Å². The van der Waals surface area contributed by atoms with Crippen molar-refractivity contribution in [2.75, 3.05) is 13.2 Å². The average Bonchev–Trinajstić information content (AvgIpc) is 3.07. The van der Waals surface area contributed by atoms with Crippen molar-refractivity contribution in [1.82, 2.24) is 0 Å². The molecule has 13 nitrogen and oxygen atoms in total. The smallest absolute Gasteiger partial charge is 0.338 e. The molecule has 4 saturated heterocycles. The minimum atomic E-state index is -4.76. The van der Waals surface area contributed by atoms with Gasteiger partial charge in [-0.15, -0.1) is 0 Å². The molecular formula is C23H28O13S. The second kappa shape index (κ2) is 7.91. The highest BCUT2D eigenvalue weighted by molar-refractivity contribution is 7.87. The van der Waals surface area contributed by atoms with Gasteiger partial charge >= 0.3 is 5.97 Å². The Morgan fingerprint density at radius 1 is 1.11 bits per heavy atom. The molecule has 14 heteroatoms. The van der Waals surface area contributed by atoms with Crippen LogP contribution >= 0.6 is 0 Å². The summed E-state index contributed by atoms with van der Waals surface area (Å²) in [5, 5.41) is 40.6. The van der Waals surface area contributed by atoms with Gasteiger partial charge in [0.15, 0.2) is 12.6 Å². The quantitative estimate of drug-likeness (QED) is 0.197. The molecule has 1 aromatic carbocycles. The molecule has 8 rings (SSSR count). The molecule has 7 fully saturated rings. The van der Waals surface area contributed by atoms with Gasteiger partial charge in [-0.1, -0.05) is 18.2 Å². The molecular weight excluding hydrogens is 516 g/mol. The highest BCUT2D eigenvalue weighted by atomic mass is 32.2. The number of esters is 1. The van der Waals surface area contributed by atoms with E-state index >= 15 is 0 Å². The molecule has 37 heavy (non-hydrogen) atoms. The lowest BCUT2D eigenvalue weighted by atomic mass is 9.41. The Labute approximate surface area is 211 Å². The maximum atomic E-state index is 12.8. The fourth-order valence-electron chi connectivity index (χ4n) is 7.17. The molecule has 3 aliphatic carbocycles. The monoisotopic (exact) mass is 544 g/mol. The molecule has 4 unspecified atom stereocenters. The molecule has 6 bridgehead atoms. The maximum Gasteiger partial charge on any atom is 0.338 e. The fraction of sp³-hybridized carbons (Fsp3) is 0.696. The third-order valence-corrected chi connectivity index (χ3v) is 10.4. The van der Waals surface area contributed by atoms with E-state index < -0.39 is 93.8 Å². The molecule has 11 atom stereocenters. The van der Waals surface area contributed by atoms with Crippen LogP contribution in [0.2, 0.25) is 0 Å². The number of rotatable bonds is 7. The van der Waals surface area contributed by atoms with Crippen LogP contribution in [0.1, 0.15) is 30.1 Å². The number of ether oxygens (including phenoxy) is 5. The zero-order chi connectivity index (χ0) is 26.6. The van der Waals surface area contributed by atoms with Gasteiger partial charge in [-0.3, -0.25) is 4.55 Å². The van der Waals surface area contributed by atoms with Crippen LogP contribution < -0.4 is 0 Å². The Balaban J connectivity index is 1.38. The van der Waals surface area contributed by atoms with Gasteiger partial charge in [-0.05, 0) is 25.5 Å². The van der Waals surface area contributed by atoms with E-state index in [0.717, 1.165) is 0 Å². The normalized spacial score (nSPS) is 49.6. The van der Waals surface area contributed by atoms with Crippen LogP contribution in [0.15, 0.2) is 30.3 Å². The number of hydrogen-bond donors (Lipinski definition) is 5. The number of benzene rings is 1. The number of carbonyl (C=O) groups excluding carboxylic acids is 1. The molecule has 0 radical (unpaired) electrons. The minimum absolute atomic E-state index is 0.0301. The average molecular weight is 545 g/mol. The second-order valence-electron chi connectivity index (χ2n) is 10.6. The molecule has 5 N–H and O–H groups in total. The number of carbonyl (C=O) groups is 1. The van der Waals surface area contributed by atoms with Crippen molar-refractivity contribution in [2.45, 2.75) is 72.9 Å². The highest BCUT2D eigenvalue weighted by Crippen LogP contribution is 2.83. The summed E-state index contributed by atoms with van der Waals surface area (Å²) in [6.07, 6.45) is -9.44. The molecule has 4 aliphatic heterocycles. The molecule has 1 aromatic rings. The summed E-state index contributed by atoms with van der Waals surface area (Å²) < 4.78 is 64.8. The third kappa shape index (κ3) is 2.99. The summed E-state index contributed by atoms with van der Waals surface area (Å²) in [5.41, 5.74) is -4.01. The summed E-state index contributed by atoms with van der Waals surface area (Å²) in [5.74, 6) is -1.58. The molecule has 0 aromatic heterocycles. The molecule has 3 saturated carbocycles. The van der Waals surface area contributed by atoms with E-state index in [1.54, 1.807) is 37.3 Å². The molecule has 0 spiro atoms. The lowest BCUT2D eigenvalue weighted by Gasteiger charge is -2.68. The predicted molar refractivity (Wildman–Crippen MR) is 118 cm³/mol. The van der Waals surface area contributed by atoms with Crippen LogP contribution in [0.4, 0.5) is 0 Å². The topological polar surface area (TPSA) is 199 Å². The van der Waals surface area contributed by atoms with Crippen molar-refractivity contribution in [3.8, 4) is 0 Å². The molecule has 7 aliphatic rings. The Morgan fingerprint density at radius 3 is 2.46 bits per heavy atom. The predicted octanol–water partition coefficient (Wildman–Crippen LogP) is -1.46. The van der Waals surface area contributed by atoms with E-state index in [1.807, 2.05) is 0 Å². The van der Waals surface area contributed by atoms with Crippen LogP contribution in [-0.2, 0) is 33.8 Å². The Morgan fingerprint density at radius 2 is 1.81 bits per heavy atom. The Kier molecular flexibility index (Phi) is 5.46. The van der Waals surface area contributed by atoms with Crippen LogP contribution in [-0.4, -0.2) is 106 Å². The van der Waals surface area contributed by atoms with E-state index in [-0.39, 0.29) is 18.4 Å². The maximum absolute atomic E-state index is 12.8. The van der Waals surface area contributed by atoms with Crippen molar-refractivity contribution < 1.29 is 61.9 Å². The van der Waals surface area contributed by atoms with Gasteiger partial charge in [-0.25, -0.2) is 4.79 Å². The second-order valence-corrected chi connectivity index (χ2v) is 12.3. The van der Waals surface area contributed by atoms with E-state index in [0.29, 0.717) is 0 Å². The van der Waals surface area contributed by atoms with Crippen molar-refractivity contribution in [1.29, 1.82) is 0 Å². The summed E-state index contributed by atoms with van der Waals surface area (Å²) in [6, 6.07) is 8.13. The minimum Gasteiger partial charge on any atom is -0.461 e. The number of hydrogen-bond acceptors (Lipinski definition) is 12. The SMILES string of the molecule is C[C@@]12CC3(S(=O)(=O)O)OC(O1)C1(COC(=O)c4ccccc4)[C@H]3CC12O[C@@H]1O[C@H](CO)[C@@H](O)[C@H](O)[C@H]1O. The van der Waals surface area contributed by atoms with Crippen LogP contribution in [0.5, 0.6) is 0 Å². The number of aliphatic hydroxyl groups excluding tert-OH is 4. The first kappa shape index (κ1) is 25.6. The Hall–Kier alpha value is -1.72. The zero-order valence-corrected chi connectivity index (χ0v) is 20.5. The van der Waals surface area contributed by atoms with Crippen molar-refractivity contribution in [3.63, 3.8) is 0 Å². The van der Waals surface area contributed by atoms with Gasteiger partial charge in [-0.2, -0.15) is 8.42 Å². The zero-order valence-electron chi connectivity index (χ0n) is 19.7. The van der Waals surface area contributed by atoms with Gasteiger partial charge in [0.2, 0.25) is 4.93 Å². The largest absolute Gasteiger partial charge is 0.461 e. The van der Waals surface area contributed by atoms with Gasteiger partial charge in [0.25, 0.3) is 10.1 Å². The van der Waals surface area contributed by atoms with Crippen molar-refractivity contribution in [2.24, 2.45) is 11.3 Å². The molecule has 204 valence electrons. The summed E-state index contributed by atoms with van der Waals surface area (Å²) >= 11 is 0. The molecule has 4 heterocycles. The standard InChI is InChI=1S/C23H28O13S/c1-20-9-22(37(29,30)31)13-7-23(20,34-18-16(27)15(26)14(25)12(8-24)33-18)21(13,19(35-20)36-22)10-32-17(28)11-5-3-2-4-6-11/h2-6,12-16,18-19,24-27H,7-10H2,1H3,(H,29,30,31)/t12-,13-,14-,15+,16-,18+,19?,20+,21?,22?,23?/m1/s1. The first-order chi connectivity index (χ1) is 17.4. The Bertz CT molecular complexity index is 1210. The fourth-order valence-corrected chi connectivity index (χ4v) is 8.49.